The van der Waals surface area contributed by atoms with E-state index in [2.05, 4.69) is 41.9 Å². The van der Waals surface area contributed by atoms with E-state index >= 15 is 0 Å². The summed E-state index contributed by atoms with van der Waals surface area (Å²) in [4.78, 5) is 43.8. The number of benzene rings is 1. The number of piperidine rings is 1. The Hall–Kier alpha value is -3.23. The summed E-state index contributed by atoms with van der Waals surface area (Å²) in [5.41, 5.74) is 13.8. The molecular weight excluding hydrogens is 609 g/mol. The summed E-state index contributed by atoms with van der Waals surface area (Å²) < 4.78 is 4.91. The Morgan fingerprint density at radius 1 is 1.16 bits per heavy atom. The largest absolute Gasteiger partial charge is 0.448 e. The molecule has 1 atom stereocenters. The average Bonchev–Trinajstić information content (AvgIpc) is 3.01. The van der Waals surface area contributed by atoms with Crippen LogP contribution >= 0.6 is 23.2 Å². The molecule has 0 spiro atoms. The van der Waals surface area contributed by atoms with Crippen LogP contribution < -0.4 is 21.7 Å². The number of aliphatic hydroxyl groups is 1. The van der Waals surface area contributed by atoms with Crippen LogP contribution in [0.15, 0.2) is 23.2 Å². The Morgan fingerprint density at radius 3 is 2.59 bits per heavy atom. The van der Waals surface area contributed by atoms with Gasteiger partial charge in [0.25, 0.3) is 5.91 Å². The molecule has 6 N–H and O–H groups in total. The van der Waals surface area contributed by atoms with E-state index in [-0.39, 0.29) is 48.3 Å². The summed E-state index contributed by atoms with van der Waals surface area (Å²) >= 11 is 12.7. The maximum absolute atomic E-state index is 12.3. The van der Waals surface area contributed by atoms with Gasteiger partial charge in [-0.25, -0.2) is 14.8 Å². The van der Waals surface area contributed by atoms with Gasteiger partial charge in [0.1, 0.15) is 5.84 Å². The molecule has 0 aliphatic carbocycles. The lowest BCUT2D eigenvalue weighted by Crippen LogP contribution is -2.58. The molecule has 2 aromatic rings. The van der Waals surface area contributed by atoms with Gasteiger partial charge in [-0.2, -0.15) is 4.99 Å². The van der Waals surface area contributed by atoms with E-state index in [1.54, 1.807) is 13.0 Å². The highest BCUT2D eigenvalue weighted by molar-refractivity contribution is 6.32. The molecule has 1 aromatic heterocycles. The van der Waals surface area contributed by atoms with E-state index in [4.69, 9.17) is 44.5 Å². The van der Waals surface area contributed by atoms with Crippen molar-refractivity contribution in [1.29, 1.82) is 0 Å². The highest BCUT2D eigenvalue weighted by Gasteiger charge is 2.34. The number of piperazine rings is 1. The molecule has 0 unspecified atom stereocenters. The molecule has 2 aliphatic rings. The standard InChI is InChI=1S/C29H41Cl2N9O4/c1-3-20-17-39(27-24(31)35-23(26(33)36-27)28(42)34-9-14-41)12-13-40(20)21-7-10-38(11-8-21)16-18-5-6-19(30)15-22(18)25(32)37-29(43)44-4-2/h5-6,15,20-21,41H,3-4,7-14,16-17H2,1-2H3,(H2,33,36)(H,34,42)(H2,32,37,43)/t20-/m0/s1. The third kappa shape index (κ3) is 8.27. The Bertz CT molecular complexity index is 1350. The zero-order valence-electron chi connectivity index (χ0n) is 25.1. The zero-order chi connectivity index (χ0) is 31.8. The van der Waals surface area contributed by atoms with Gasteiger partial charge in [-0.1, -0.05) is 36.2 Å². The van der Waals surface area contributed by atoms with Gasteiger partial charge in [-0.15, -0.1) is 0 Å². The minimum Gasteiger partial charge on any atom is -0.448 e. The molecule has 2 fully saturated rings. The van der Waals surface area contributed by atoms with Gasteiger partial charge >= 0.3 is 6.09 Å². The summed E-state index contributed by atoms with van der Waals surface area (Å²) in [6.45, 7) is 8.73. The van der Waals surface area contributed by atoms with E-state index in [9.17, 15) is 9.59 Å². The van der Waals surface area contributed by atoms with Crippen molar-refractivity contribution in [1.82, 2.24) is 25.1 Å². The Balaban J connectivity index is 1.37. The summed E-state index contributed by atoms with van der Waals surface area (Å²) in [6.07, 6.45) is 2.25. The molecule has 0 saturated carbocycles. The predicted molar refractivity (Wildman–Crippen MR) is 171 cm³/mol. The molecule has 15 heteroatoms. The first-order valence-electron chi connectivity index (χ1n) is 14.9. The van der Waals surface area contributed by atoms with E-state index in [0.717, 1.165) is 44.5 Å². The maximum atomic E-state index is 12.3. The third-order valence-electron chi connectivity index (χ3n) is 8.02. The van der Waals surface area contributed by atoms with E-state index < -0.39 is 12.0 Å². The van der Waals surface area contributed by atoms with Gasteiger partial charge in [0, 0.05) is 55.4 Å². The molecule has 240 valence electrons. The minimum absolute atomic E-state index is 0.000421. The number of carbonyl (C=O) groups is 2. The highest BCUT2D eigenvalue weighted by atomic mass is 35.5. The van der Waals surface area contributed by atoms with Crippen LogP contribution in [0.4, 0.5) is 16.4 Å². The first-order valence-corrected chi connectivity index (χ1v) is 15.6. The summed E-state index contributed by atoms with van der Waals surface area (Å²) in [5.74, 6) is 0.0343. The van der Waals surface area contributed by atoms with Crippen molar-refractivity contribution in [2.45, 2.75) is 51.7 Å². The van der Waals surface area contributed by atoms with Crippen LogP contribution in [0.3, 0.4) is 0 Å². The number of nitrogen functional groups attached to an aromatic ring is 1. The predicted octanol–water partition coefficient (Wildman–Crippen LogP) is 2.51. The number of hydrogen-bond acceptors (Lipinski definition) is 10. The van der Waals surface area contributed by atoms with Crippen LogP contribution in [0.5, 0.6) is 0 Å². The summed E-state index contributed by atoms with van der Waals surface area (Å²) in [6, 6.07) is 6.20. The molecule has 3 heterocycles. The first-order chi connectivity index (χ1) is 21.1. The second-order valence-electron chi connectivity index (χ2n) is 10.8. The molecule has 44 heavy (non-hydrogen) atoms. The van der Waals surface area contributed by atoms with Gasteiger partial charge in [0.15, 0.2) is 22.5 Å². The summed E-state index contributed by atoms with van der Waals surface area (Å²) in [5, 5.41) is 12.1. The van der Waals surface area contributed by atoms with Crippen molar-refractivity contribution >= 4 is 52.7 Å². The maximum Gasteiger partial charge on any atom is 0.435 e. The lowest BCUT2D eigenvalue weighted by molar-refractivity contribution is 0.0610. The highest BCUT2D eigenvalue weighted by Crippen LogP contribution is 2.30. The Morgan fingerprint density at radius 2 is 1.91 bits per heavy atom. The second kappa shape index (κ2) is 15.7. The van der Waals surface area contributed by atoms with E-state index in [1.807, 2.05) is 12.1 Å². The molecule has 1 aromatic carbocycles. The van der Waals surface area contributed by atoms with Crippen molar-refractivity contribution in [3.05, 3.63) is 45.2 Å². The number of nitrogens with zero attached hydrogens (tertiary/aromatic N) is 6. The summed E-state index contributed by atoms with van der Waals surface area (Å²) in [7, 11) is 0. The quantitative estimate of drug-likeness (QED) is 0.220. The number of likely N-dealkylation sites (tertiary alicyclic amines) is 1. The molecule has 2 aliphatic heterocycles. The Labute approximate surface area is 267 Å². The Kier molecular flexibility index (Phi) is 12.0. The van der Waals surface area contributed by atoms with Crippen LogP contribution in [-0.4, -0.2) is 107 Å². The number of amides is 2. The number of aromatic nitrogens is 2. The van der Waals surface area contributed by atoms with Gasteiger partial charge in [0.05, 0.1) is 13.2 Å². The number of aliphatic imine (C=N–C) groups is 1. The number of halogens is 2. The van der Waals surface area contributed by atoms with Crippen molar-refractivity contribution in [2.75, 3.05) is 63.1 Å². The van der Waals surface area contributed by atoms with Crippen LogP contribution in [0.2, 0.25) is 10.2 Å². The van der Waals surface area contributed by atoms with Crippen molar-refractivity contribution in [2.24, 2.45) is 10.7 Å². The van der Waals surface area contributed by atoms with Gasteiger partial charge in [0.2, 0.25) is 0 Å². The molecule has 4 rings (SSSR count). The van der Waals surface area contributed by atoms with Crippen molar-refractivity contribution in [3.63, 3.8) is 0 Å². The third-order valence-corrected chi connectivity index (χ3v) is 8.51. The smallest absolute Gasteiger partial charge is 0.435 e. The van der Waals surface area contributed by atoms with Crippen LogP contribution in [-0.2, 0) is 11.3 Å². The van der Waals surface area contributed by atoms with Crippen molar-refractivity contribution < 1.29 is 19.4 Å². The van der Waals surface area contributed by atoms with E-state index in [0.29, 0.717) is 42.1 Å². The van der Waals surface area contributed by atoms with Gasteiger partial charge < -0.3 is 31.5 Å². The normalized spacial score (nSPS) is 18.8. The average molecular weight is 651 g/mol. The topological polar surface area (TPSA) is 176 Å². The lowest BCUT2D eigenvalue weighted by Gasteiger charge is -2.47. The molecule has 2 saturated heterocycles. The van der Waals surface area contributed by atoms with Crippen LogP contribution in [0, 0.1) is 0 Å². The molecule has 13 nitrogen and oxygen atoms in total. The molecule has 2 amide bonds. The number of amidine groups is 1. The number of rotatable bonds is 10. The molecule has 0 radical (unpaired) electrons. The molecular formula is C29H41Cl2N9O4. The first kappa shape index (κ1) is 33.7. The minimum atomic E-state index is -0.723. The van der Waals surface area contributed by atoms with Gasteiger partial charge in [-0.05, 0) is 57.0 Å². The number of ether oxygens (including phenoxy) is 1. The number of nitrogens with two attached hydrogens (primary N) is 2. The fourth-order valence-electron chi connectivity index (χ4n) is 5.84. The van der Waals surface area contributed by atoms with E-state index in [1.165, 1.54) is 0 Å². The van der Waals surface area contributed by atoms with Crippen LogP contribution in [0.1, 0.15) is 54.7 Å². The number of nitrogens with one attached hydrogen (secondary N) is 1. The monoisotopic (exact) mass is 649 g/mol. The van der Waals surface area contributed by atoms with Crippen LogP contribution in [0.25, 0.3) is 0 Å². The number of hydrogen-bond donors (Lipinski definition) is 4. The second-order valence-corrected chi connectivity index (χ2v) is 11.6. The fourth-order valence-corrected chi connectivity index (χ4v) is 6.25. The zero-order valence-corrected chi connectivity index (χ0v) is 26.6. The number of aliphatic hydroxyl groups excluding tert-OH is 1. The van der Waals surface area contributed by atoms with Crippen molar-refractivity contribution in [3.8, 4) is 0 Å². The van der Waals surface area contributed by atoms with Gasteiger partial charge in [-0.3, -0.25) is 14.6 Å². The number of carbonyl (C=O) groups excluding carboxylic acids is 2. The SMILES string of the molecule is CCOC(=O)N=C(N)c1cc(Cl)ccc1CN1CCC(N2CCN(c3nc(N)c(C(=O)NCCO)nc3Cl)C[C@@H]2CC)CC1. The molecule has 0 bridgehead atoms. The number of anilines is 2. The lowest BCUT2D eigenvalue weighted by atomic mass is 9.97. The fraction of sp³-hybridized carbons (Fsp3) is 0.552.